The van der Waals surface area contributed by atoms with Gasteiger partial charge in [-0.05, 0) is 38.7 Å². The van der Waals surface area contributed by atoms with Gasteiger partial charge in [-0.3, -0.25) is 9.59 Å². The summed E-state index contributed by atoms with van der Waals surface area (Å²) >= 11 is 2.29. The summed E-state index contributed by atoms with van der Waals surface area (Å²) in [5.41, 5.74) is 0.0816. The van der Waals surface area contributed by atoms with Crippen LogP contribution < -0.4 is 16.7 Å². The molecule has 2 aromatic heterocycles. The number of thiophene rings is 1. The molecule has 1 saturated carbocycles. The molecule has 2 aromatic rings. The number of ether oxygens (including phenoxy) is 1. The number of fused-ring (bicyclic) bond motifs is 1. The summed E-state index contributed by atoms with van der Waals surface area (Å²) in [4.78, 5) is 43.1. The summed E-state index contributed by atoms with van der Waals surface area (Å²) < 4.78 is 6.04. The number of aryl methyl sites for hydroxylation is 1. The molecule has 164 valence electrons. The maximum Gasteiger partial charge on any atom is 0.348 e. The minimum Gasteiger partial charge on any atom is -0.462 e. The molecular weight excluding hydrogens is 424 g/mol. The zero-order valence-electron chi connectivity index (χ0n) is 17.5. The van der Waals surface area contributed by atoms with Gasteiger partial charge >= 0.3 is 5.97 Å². The van der Waals surface area contributed by atoms with Crippen molar-refractivity contribution in [2.75, 3.05) is 12.4 Å². The maximum absolute atomic E-state index is 12.9. The van der Waals surface area contributed by atoms with E-state index < -0.39 is 16.8 Å². The Morgan fingerprint density at radius 2 is 2.03 bits per heavy atom. The third kappa shape index (κ3) is 4.64. The third-order valence-corrected chi connectivity index (χ3v) is 7.78. The molecule has 0 saturated heterocycles. The Bertz CT molecular complexity index is 995. The fourth-order valence-corrected chi connectivity index (χ4v) is 5.70. The quantitative estimate of drug-likeness (QED) is 0.287. The minimum atomic E-state index is -0.478. The van der Waals surface area contributed by atoms with Crippen LogP contribution in [0.1, 0.15) is 67.6 Å². The van der Waals surface area contributed by atoms with Crippen LogP contribution in [0.3, 0.4) is 0 Å². The van der Waals surface area contributed by atoms with Gasteiger partial charge in [0.2, 0.25) is 5.91 Å². The van der Waals surface area contributed by atoms with Crippen molar-refractivity contribution in [2.45, 2.75) is 75.7 Å². The van der Waals surface area contributed by atoms with Crippen molar-refractivity contribution in [3.8, 4) is 0 Å². The van der Waals surface area contributed by atoms with Crippen LogP contribution >= 0.6 is 23.1 Å². The SMILES string of the molecule is CCOC(=O)c1sc2nc(SC(CC)C(=O)NC3CCCCC3)n(N)c(=O)c2c1C. The van der Waals surface area contributed by atoms with Gasteiger partial charge in [0.15, 0.2) is 5.16 Å². The van der Waals surface area contributed by atoms with Gasteiger partial charge in [-0.15, -0.1) is 11.3 Å². The van der Waals surface area contributed by atoms with Crippen molar-refractivity contribution in [3.63, 3.8) is 0 Å². The number of esters is 1. The number of carbonyl (C=O) groups is 2. The van der Waals surface area contributed by atoms with E-state index >= 15 is 0 Å². The van der Waals surface area contributed by atoms with E-state index in [4.69, 9.17) is 10.6 Å². The van der Waals surface area contributed by atoms with Crippen molar-refractivity contribution in [2.24, 2.45) is 0 Å². The fraction of sp³-hybridized carbons (Fsp3) is 0.600. The molecule has 0 aliphatic heterocycles. The van der Waals surface area contributed by atoms with Crippen molar-refractivity contribution >= 4 is 45.2 Å². The number of nitrogens with two attached hydrogens (primary N) is 1. The van der Waals surface area contributed by atoms with Crippen LogP contribution in [0.25, 0.3) is 10.2 Å². The molecule has 10 heteroatoms. The molecule has 1 aliphatic rings. The van der Waals surface area contributed by atoms with E-state index in [1.165, 1.54) is 18.2 Å². The number of hydrogen-bond donors (Lipinski definition) is 2. The Morgan fingerprint density at radius 3 is 2.67 bits per heavy atom. The largest absolute Gasteiger partial charge is 0.462 e. The van der Waals surface area contributed by atoms with Crippen molar-refractivity contribution in [1.29, 1.82) is 0 Å². The molecule has 0 spiro atoms. The molecule has 0 bridgehead atoms. The summed E-state index contributed by atoms with van der Waals surface area (Å²) in [7, 11) is 0. The summed E-state index contributed by atoms with van der Waals surface area (Å²) in [5, 5.41) is 3.30. The summed E-state index contributed by atoms with van der Waals surface area (Å²) in [5.74, 6) is 5.49. The van der Waals surface area contributed by atoms with Gasteiger partial charge in [0, 0.05) is 6.04 Å². The van der Waals surface area contributed by atoms with Gasteiger partial charge in [-0.25, -0.2) is 14.5 Å². The molecule has 1 atom stereocenters. The van der Waals surface area contributed by atoms with E-state index in [-0.39, 0.29) is 23.7 Å². The van der Waals surface area contributed by atoms with Crippen LogP contribution in [-0.4, -0.2) is 39.4 Å². The highest BCUT2D eigenvalue weighted by Crippen LogP contribution is 2.31. The van der Waals surface area contributed by atoms with Crippen molar-refractivity contribution < 1.29 is 14.3 Å². The lowest BCUT2D eigenvalue weighted by Gasteiger charge is -2.25. The van der Waals surface area contributed by atoms with E-state index in [0.29, 0.717) is 27.1 Å². The third-order valence-electron chi connectivity index (χ3n) is 5.29. The van der Waals surface area contributed by atoms with Crippen molar-refractivity contribution in [3.05, 3.63) is 20.8 Å². The Balaban J connectivity index is 1.87. The second-order valence-electron chi connectivity index (χ2n) is 7.38. The number of aromatic nitrogens is 2. The summed E-state index contributed by atoms with van der Waals surface area (Å²) in [6.07, 6.45) is 6.07. The average Bonchev–Trinajstić information content (AvgIpc) is 3.06. The van der Waals surface area contributed by atoms with E-state index in [9.17, 15) is 14.4 Å². The van der Waals surface area contributed by atoms with Crippen LogP contribution in [0.5, 0.6) is 0 Å². The van der Waals surface area contributed by atoms with Crippen molar-refractivity contribution in [1.82, 2.24) is 15.0 Å². The van der Waals surface area contributed by atoms with E-state index in [2.05, 4.69) is 10.3 Å². The Morgan fingerprint density at radius 1 is 1.33 bits per heavy atom. The number of thioether (sulfide) groups is 1. The number of rotatable bonds is 7. The molecule has 1 fully saturated rings. The monoisotopic (exact) mass is 452 g/mol. The van der Waals surface area contributed by atoms with Crippen LogP contribution in [0.15, 0.2) is 9.95 Å². The van der Waals surface area contributed by atoms with E-state index in [1.54, 1.807) is 13.8 Å². The second kappa shape index (κ2) is 9.82. The maximum atomic E-state index is 12.9. The molecule has 8 nitrogen and oxygen atoms in total. The first-order valence-electron chi connectivity index (χ1n) is 10.3. The number of nitrogens with zero attached hydrogens (tertiary/aromatic N) is 2. The van der Waals surface area contributed by atoms with Gasteiger partial charge in [0.25, 0.3) is 5.56 Å². The first-order valence-corrected chi connectivity index (χ1v) is 12.0. The zero-order valence-corrected chi connectivity index (χ0v) is 19.2. The van der Waals surface area contributed by atoms with Gasteiger partial charge in [-0.1, -0.05) is 37.9 Å². The molecule has 3 N–H and O–H groups in total. The average molecular weight is 453 g/mol. The Kier molecular flexibility index (Phi) is 7.41. The number of nitrogens with one attached hydrogen (secondary N) is 1. The molecule has 1 amide bonds. The molecule has 1 unspecified atom stereocenters. The van der Waals surface area contributed by atoms with Gasteiger partial charge in [0.05, 0.1) is 17.2 Å². The Hall–Kier alpha value is -2.07. The highest BCUT2D eigenvalue weighted by molar-refractivity contribution is 8.00. The molecule has 0 aromatic carbocycles. The fourth-order valence-electron chi connectivity index (χ4n) is 3.64. The highest BCUT2D eigenvalue weighted by Gasteiger charge is 2.26. The van der Waals surface area contributed by atoms with Crippen LogP contribution in [-0.2, 0) is 9.53 Å². The topological polar surface area (TPSA) is 116 Å². The molecule has 30 heavy (non-hydrogen) atoms. The molecule has 3 rings (SSSR count). The number of hydrogen-bond acceptors (Lipinski definition) is 8. The first-order chi connectivity index (χ1) is 14.4. The predicted octanol–water partition coefficient (Wildman–Crippen LogP) is 2.98. The molecule has 1 aliphatic carbocycles. The van der Waals surface area contributed by atoms with Gasteiger partial charge in [-0.2, -0.15) is 0 Å². The Labute approximate surface area is 183 Å². The normalized spacial score (nSPS) is 15.8. The minimum absolute atomic E-state index is 0.0571. The van der Waals surface area contributed by atoms with Crippen LogP contribution in [0.4, 0.5) is 0 Å². The molecule has 2 heterocycles. The number of amides is 1. The summed E-state index contributed by atoms with van der Waals surface area (Å²) in [6, 6.07) is 0.212. The van der Waals surface area contributed by atoms with Crippen LogP contribution in [0.2, 0.25) is 0 Å². The lowest BCUT2D eigenvalue weighted by molar-refractivity contribution is -0.121. The molecule has 0 radical (unpaired) electrons. The zero-order chi connectivity index (χ0) is 21.8. The smallest absolute Gasteiger partial charge is 0.348 e. The molecular formula is C20H28N4O4S2. The standard InChI is InChI=1S/C20H28N4O4S2/c1-4-13(16(25)22-12-9-7-6-8-10-12)29-20-23-17-14(18(26)24(20)21)11(3)15(30-17)19(27)28-5-2/h12-13H,4-10,21H2,1-3H3,(H,22,25). The van der Waals surface area contributed by atoms with Gasteiger partial charge in [0.1, 0.15) is 9.71 Å². The lowest BCUT2D eigenvalue weighted by atomic mass is 9.95. The second-order valence-corrected chi connectivity index (χ2v) is 9.55. The lowest BCUT2D eigenvalue weighted by Crippen LogP contribution is -2.41. The van der Waals surface area contributed by atoms with E-state index in [1.807, 2.05) is 6.92 Å². The predicted molar refractivity (Wildman–Crippen MR) is 120 cm³/mol. The number of carbonyl (C=O) groups excluding carboxylic acids is 2. The van der Waals surface area contributed by atoms with E-state index in [0.717, 1.165) is 41.7 Å². The summed E-state index contributed by atoms with van der Waals surface area (Å²) in [6.45, 7) is 5.58. The van der Waals surface area contributed by atoms with Crippen LogP contribution in [0, 0.1) is 6.92 Å². The first kappa shape index (κ1) is 22.6. The highest BCUT2D eigenvalue weighted by atomic mass is 32.2. The van der Waals surface area contributed by atoms with Gasteiger partial charge < -0.3 is 15.9 Å². The number of nitrogen functional groups attached to an aromatic ring is 1.